The number of nitrogens with zero attached hydrogens (tertiary/aromatic N) is 1. The summed E-state index contributed by atoms with van der Waals surface area (Å²) in [6, 6.07) is 5.86. The van der Waals surface area contributed by atoms with Crippen molar-refractivity contribution < 1.29 is 9.13 Å². The highest BCUT2D eigenvalue weighted by atomic mass is 32.1. The molecule has 3 nitrogen and oxygen atoms in total. The molecule has 2 N–H and O–H groups in total. The number of hydrogen-bond acceptors (Lipinski definition) is 4. The summed E-state index contributed by atoms with van der Waals surface area (Å²) in [5.41, 5.74) is 5.41. The van der Waals surface area contributed by atoms with Gasteiger partial charge in [0, 0.05) is 11.4 Å². The summed E-state index contributed by atoms with van der Waals surface area (Å²) in [6.45, 7) is 0. The van der Waals surface area contributed by atoms with Gasteiger partial charge in [-0.3, -0.25) is 0 Å². The third-order valence-electron chi connectivity index (χ3n) is 1.50. The summed E-state index contributed by atoms with van der Waals surface area (Å²) in [5, 5.41) is 2.07. The van der Waals surface area contributed by atoms with Gasteiger partial charge in [-0.15, -0.1) is 0 Å². The summed E-state index contributed by atoms with van der Waals surface area (Å²) in [4.78, 5) is 3.89. The molecule has 14 heavy (non-hydrogen) atoms. The van der Waals surface area contributed by atoms with Crippen LogP contribution in [-0.2, 0) is 0 Å². The average Bonchev–Trinajstić information content (AvgIpc) is 2.51. The molecule has 72 valence electrons. The monoisotopic (exact) mass is 210 g/mol. The fourth-order valence-electron chi connectivity index (χ4n) is 0.947. The first kappa shape index (κ1) is 8.96. The van der Waals surface area contributed by atoms with Crippen LogP contribution in [0.15, 0.2) is 29.6 Å². The van der Waals surface area contributed by atoms with Crippen LogP contribution in [0.25, 0.3) is 0 Å². The van der Waals surface area contributed by atoms with Gasteiger partial charge >= 0.3 is 0 Å². The lowest BCUT2D eigenvalue weighted by atomic mass is 10.3. The predicted molar refractivity (Wildman–Crippen MR) is 53.0 cm³/mol. The van der Waals surface area contributed by atoms with Crippen molar-refractivity contribution in [2.45, 2.75) is 0 Å². The van der Waals surface area contributed by atoms with Crippen LogP contribution < -0.4 is 10.5 Å². The molecule has 1 aromatic carbocycles. The second-order valence-electron chi connectivity index (χ2n) is 2.60. The first-order valence-corrected chi connectivity index (χ1v) is 4.76. The third-order valence-corrected chi connectivity index (χ3v) is 2.24. The van der Waals surface area contributed by atoms with E-state index in [1.54, 1.807) is 17.5 Å². The number of hydrogen-bond donors (Lipinski definition) is 1. The van der Waals surface area contributed by atoms with Crippen LogP contribution in [0.3, 0.4) is 0 Å². The van der Waals surface area contributed by atoms with Crippen molar-refractivity contribution in [1.29, 1.82) is 0 Å². The lowest BCUT2D eigenvalue weighted by Gasteiger charge is -2.00. The van der Waals surface area contributed by atoms with E-state index in [1.807, 2.05) is 0 Å². The number of ether oxygens (including phenoxy) is 1. The SMILES string of the molecule is Nc1csc(Oc2cccc(F)c2)n1. The molecule has 0 fully saturated rings. The maximum absolute atomic E-state index is 12.8. The molecule has 1 aromatic heterocycles. The van der Waals surface area contributed by atoms with Gasteiger partial charge in [-0.25, -0.2) is 4.39 Å². The van der Waals surface area contributed by atoms with Crippen LogP contribution in [0, 0.1) is 5.82 Å². The van der Waals surface area contributed by atoms with E-state index in [0.717, 1.165) is 0 Å². The van der Waals surface area contributed by atoms with Crippen LogP contribution in [0.2, 0.25) is 0 Å². The molecule has 0 unspecified atom stereocenters. The molecule has 0 saturated heterocycles. The van der Waals surface area contributed by atoms with Crippen LogP contribution in [-0.4, -0.2) is 4.98 Å². The zero-order valence-electron chi connectivity index (χ0n) is 7.11. The standard InChI is InChI=1S/C9H7FN2OS/c10-6-2-1-3-7(4-6)13-9-12-8(11)5-14-9/h1-5H,11H2. The van der Waals surface area contributed by atoms with E-state index in [4.69, 9.17) is 10.5 Å². The van der Waals surface area contributed by atoms with Gasteiger partial charge in [0.15, 0.2) is 0 Å². The molecular weight excluding hydrogens is 203 g/mol. The molecule has 2 rings (SSSR count). The molecular formula is C9H7FN2OS. The fourth-order valence-corrected chi connectivity index (χ4v) is 1.52. The topological polar surface area (TPSA) is 48.1 Å². The van der Waals surface area contributed by atoms with Crippen molar-refractivity contribution in [1.82, 2.24) is 4.98 Å². The van der Waals surface area contributed by atoms with Crippen molar-refractivity contribution in [2.24, 2.45) is 0 Å². The van der Waals surface area contributed by atoms with Crippen LogP contribution in [0.1, 0.15) is 0 Å². The molecule has 0 bridgehead atoms. The summed E-state index contributed by atoms with van der Waals surface area (Å²) in [6.07, 6.45) is 0. The fraction of sp³-hybridized carbons (Fsp3) is 0. The summed E-state index contributed by atoms with van der Waals surface area (Å²) >= 11 is 1.27. The Kier molecular flexibility index (Phi) is 2.32. The van der Waals surface area contributed by atoms with Gasteiger partial charge in [-0.2, -0.15) is 4.98 Å². The molecule has 0 aliphatic heterocycles. The number of benzene rings is 1. The van der Waals surface area contributed by atoms with Gasteiger partial charge < -0.3 is 10.5 Å². The normalized spacial score (nSPS) is 10.1. The molecule has 0 atom stereocenters. The summed E-state index contributed by atoms with van der Waals surface area (Å²) < 4.78 is 18.0. The Bertz CT molecular complexity index is 444. The smallest absolute Gasteiger partial charge is 0.280 e. The molecule has 1 heterocycles. The molecule has 0 aliphatic carbocycles. The Hall–Kier alpha value is -1.62. The van der Waals surface area contributed by atoms with Crippen molar-refractivity contribution in [2.75, 3.05) is 5.73 Å². The predicted octanol–water partition coefficient (Wildman–Crippen LogP) is 2.66. The van der Waals surface area contributed by atoms with E-state index >= 15 is 0 Å². The number of nitrogen functional groups attached to an aromatic ring is 1. The van der Waals surface area contributed by atoms with E-state index < -0.39 is 0 Å². The number of nitrogens with two attached hydrogens (primary N) is 1. The van der Waals surface area contributed by atoms with Crippen LogP contribution in [0.4, 0.5) is 10.2 Å². The molecule has 0 amide bonds. The number of aromatic nitrogens is 1. The lowest BCUT2D eigenvalue weighted by molar-refractivity contribution is 0.474. The zero-order valence-corrected chi connectivity index (χ0v) is 7.92. The molecule has 0 aliphatic rings. The van der Waals surface area contributed by atoms with Crippen LogP contribution in [0.5, 0.6) is 10.9 Å². The van der Waals surface area contributed by atoms with Gasteiger partial charge in [-0.05, 0) is 12.1 Å². The van der Waals surface area contributed by atoms with E-state index in [-0.39, 0.29) is 5.82 Å². The minimum absolute atomic E-state index is 0.341. The summed E-state index contributed by atoms with van der Waals surface area (Å²) in [7, 11) is 0. The minimum Gasteiger partial charge on any atom is -0.431 e. The first-order valence-electron chi connectivity index (χ1n) is 3.88. The van der Waals surface area contributed by atoms with E-state index in [1.165, 1.54) is 23.5 Å². The maximum Gasteiger partial charge on any atom is 0.280 e. The Morgan fingerprint density at radius 2 is 2.29 bits per heavy atom. The van der Waals surface area contributed by atoms with E-state index in [2.05, 4.69) is 4.98 Å². The lowest BCUT2D eigenvalue weighted by Crippen LogP contribution is -1.86. The highest BCUT2D eigenvalue weighted by Gasteiger charge is 2.02. The first-order chi connectivity index (χ1) is 6.74. The third kappa shape index (κ3) is 2.00. The number of thiazole rings is 1. The second-order valence-corrected chi connectivity index (χ2v) is 3.42. The van der Waals surface area contributed by atoms with Gasteiger partial charge in [0.25, 0.3) is 5.19 Å². The Balaban J connectivity index is 2.18. The van der Waals surface area contributed by atoms with Crippen molar-refractivity contribution in [3.63, 3.8) is 0 Å². The van der Waals surface area contributed by atoms with Gasteiger partial charge in [-0.1, -0.05) is 17.4 Å². The quantitative estimate of drug-likeness (QED) is 0.828. The highest BCUT2D eigenvalue weighted by Crippen LogP contribution is 2.25. The number of halogens is 1. The van der Waals surface area contributed by atoms with E-state index in [9.17, 15) is 4.39 Å². The Labute approximate surface area is 84.0 Å². The van der Waals surface area contributed by atoms with Gasteiger partial charge in [0.05, 0.1) is 0 Å². The van der Waals surface area contributed by atoms with Crippen LogP contribution >= 0.6 is 11.3 Å². The minimum atomic E-state index is -0.341. The number of rotatable bonds is 2. The van der Waals surface area contributed by atoms with E-state index in [0.29, 0.717) is 16.8 Å². The summed E-state index contributed by atoms with van der Waals surface area (Å²) in [5.74, 6) is 0.479. The average molecular weight is 210 g/mol. The highest BCUT2D eigenvalue weighted by molar-refractivity contribution is 7.11. The largest absolute Gasteiger partial charge is 0.431 e. The molecule has 0 saturated carbocycles. The Morgan fingerprint density at radius 1 is 1.43 bits per heavy atom. The molecule has 0 spiro atoms. The van der Waals surface area contributed by atoms with Crippen molar-refractivity contribution in [3.05, 3.63) is 35.5 Å². The molecule has 0 radical (unpaired) electrons. The van der Waals surface area contributed by atoms with Crippen molar-refractivity contribution in [3.8, 4) is 10.9 Å². The zero-order chi connectivity index (χ0) is 9.97. The van der Waals surface area contributed by atoms with Gasteiger partial charge in [0.1, 0.15) is 17.4 Å². The van der Waals surface area contributed by atoms with Crippen molar-refractivity contribution >= 4 is 17.2 Å². The molecule has 2 aromatic rings. The molecule has 5 heteroatoms. The van der Waals surface area contributed by atoms with Gasteiger partial charge in [0.2, 0.25) is 0 Å². The second kappa shape index (κ2) is 3.63. The number of anilines is 1. The Morgan fingerprint density at radius 3 is 2.93 bits per heavy atom. The maximum atomic E-state index is 12.8.